The molecule has 1 saturated heterocycles. The van der Waals surface area contributed by atoms with E-state index >= 15 is 0 Å². The lowest BCUT2D eigenvalue weighted by Gasteiger charge is -2.57. The van der Waals surface area contributed by atoms with Crippen LogP contribution in [0.25, 0.3) is 0 Å². The van der Waals surface area contributed by atoms with Crippen LogP contribution in [0.15, 0.2) is 0 Å². The van der Waals surface area contributed by atoms with Gasteiger partial charge in [-0.25, -0.2) is 0 Å². The number of amides is 1. The number of carbonyl (C=O) groups excluding carboxylic acids is 2. The monoisotopic (exact) mass is 372 g/mol. The third-order valence-electron chi connectivity index (χ3n) is 4.89. The zero-order valence-corrected chi connectivity index (χ0v) is 15.6. The van der Waals surface area contributed by atoms with Gasteiger partial charge in [0.15, 0.2) is 0 Å². The Morgan fingerprint density at radius 2 is 2.00 bits per heavy atom. The first-order valence-electron chi connectivity index (χ1n) is 8.99. The molecule has 1 aliphatic carbocycles. The van der Waals surface area contributed by atoms with E-state index in [0.29, 0.717) is 25.8 Å². The molecule has 10 heteroatoms. The summed E-state index contributed by atoms with van der Waals surface area (Å²) in [5.74, 6) is -0.540. The van der Waals surface area contributed by atoms with E-state index in [4.69, 9.17) is 9.47 Å². The van der Waals surface area contributed by atoms with Crippen LogP contribution in [-0.4, -0.2) is 77.7 Å². The van der Waals surface area contributed by atoms with E-state index in [-0.39, 0.29) is 37.9 Å². The van der Waals surface area contributed by atoms with Gasteiger partial charge in [0.05, 0.1) is 19.3 Å². The standard InChI is InChI=1S/C16H28N4O6/c1-4-18(11(2)21)8-14(26-12(3)22)9-25-13-5-6-15-16(7-13)20(24)17-10-19(15)23/h13-17H,4-10H2,1-3H3/q-2. The molecule has 1 amide bonds. The Morgan fingerprint density at radius 3 is 2.62 bits per heavy atom. The number of nitrogens with zero attached hydrogens (tertiary/aromatic N) is 3. The van der Waals surface area contributed by atoms with E-state index in [9.17, 15) is 20.0 Å². The Labute approximate surface area is 153 Å². The highest BCUT2D eigenvalue weighted by molar-refractivity contribution is 5.73. The first kappa shape index (κ1) is 21.0. The van der Waals surface area contributed by atoms with Crippen molar-refractivity contribution in [2.45, 2.75) is 64.3 Å². The molecule has 10 nitrogen and oxygen atoms in total. The summed E-state index contributed by atoms with van der Waals surface area (Å²) in [4.78, 5) is 24.5. The quantitative estimate of drug-likeness (QED) is 0.623. The van der Waals surface area contributed by atoms with Gasteiger partial charge in [0.2, 0.25) is 5.91 Å². The molecule has 2 rings (SSSR count). The Kier molecular flexibility index (Phi) is 7.74. The fourth-order valence-electron chi connectivity index (χ4n) is 3.53. The van der Waals surface area contributed by atoms with Gasteiger partial charge in [0, 0.05) is 39.1 Å². The second-order valence-corrected chi connectivity index (χ2v) is 6.75. The van der Waals surface area contributed by atoms with E-state index in [2.05, 4.69) is 5.43 Å². The molecule has 2 fully saturated rings. The number of likely N-dealkylation sites (N-methyl/N-ethyl adjacent to an activating group) is 1. The van der Waals surface area contributed by atoms with Crippen LogP contribution in [-0.2, 0) is 19.1 Å². The molecule has 1 saturated carbocycles. The van der Waals surface area contributed by atoms with Crippen LogP contribution in [0.5, 0.6) is 0 Å². The van der Waals surface area contributed by atoms with Crippen molar-refractivity contribution in [2.75, 3.05) is 26.4 Å². The number of hydrogen-bond acceptors (Lipinski definition) is 9. The lowest BCUT2D eigenvalue weighted by molar-refractivity contribution is -0.155. The zero-order chi connectivity index (χ0) is 19.3. The Balaban J connectivity index is 1.89. The average Bonchev–Trinajstić information content (AvgIpc) is 2.59. The van der Waals surface area contributed by atoms with Crippen LogP contribution in [0.2, 0.25) is 0 Å². The molecule has 1 aliphatic heterocycles. The van der Waals surface area contributed by atoms with Gasteiger partial charge in [0.25, 0.3) is 0 Å². The predicted octanol–water partition coefficient (Wildman–Crippen LogP) is 0.168. The Hall–Kier alpha value is -1.30. The van der Waals surface area contributed by atoms with Crippen LogP contribution in [0.3, 0.4) is 0 Å². The Morgan fingerprint density at radius 1 is 1.27 bits per heavy atom. The van der Waals surface area contributed by atoms with Crippen LogP contribution in [0, 0.1) is 10.4 Å². The van der Waals surface area contributed by atoms with E-state index in [0.717, 1.165) is 10.2 Å². The lowest BCUT2D eigenvalue weighted by atomic mass is 9.87. The maximum atomic E-state index is 11.9. The number of esters is 1. The number of carbonyl (C=O) groups is 2. The highest BCUT2D eigenvalue weighted by Gasteiger charge is 2.35. The number of hydrogen-bond donors (Lipinski definition) is 1. The maximum Gasteiger partial charge on any atom is 0.303 e. The zero-order valence-electron chi connectivity index (χ0n) is 15.6. The number of ether oxygens (including phenoxy) is 2. The van der Waals surface area contributed by atoms with E-state index < -0.39 is 18.1 Å². The average molecular weight is 372 g/mol. The number of rotatable bonds is 7. The molecule has 26 heavy (non-hydrogen) atoms. The molecule has 0 aromatic rings. The highest BCUT2D eigenvalue weighted by atomic mass is 16.6. The normalized spacial score (nSPS) is 28.3. The van der Waals surface area contributed by atoms with Gasteiger partial charge in [-0.3, -0.25) is 15.0 Å². The Bertz CT molecular complexity index is 493. The van der Waals surface area contributed by atoms with E-state index in [1.54, 1.807) is 4.90 Å². The lowest BCUT2D eigenvalue weighted by Crippen LogP contribution is -2.63. The van der Waals surface area contributed by atoms with Crippen molar-refractivity contribution < 1.29 is 19.1 Å². The van der Waals surface area contributed by atoms with Crippen LogP contribution in [0.1, 0.15) is 40.0 Å². The fraction of sp³-hybridized carbons (Fsp3) is 0.875. The largest absolute Gasteiger partial charge is 0.784 e. The van der Waals surface area contributed by atoms with Gasteiger partial charge < -0.3 is 35.0 Å². The second-order valence-electron chi connectivity index (χ2n) is 6.75. The minimum Gasteiger partial charge on any atom is -0.784 e. The fourth-order valence-corrected chi connectivity index (χ4v) is 3.53. The molecular weight excluding hydrogens is 344 g/mol. The molecular formula is C16H28N4O6-2. The van der Waals surface area contributed by atoms with Gasteiger partial charge in [-0.05, 0) is 26.2 Å². The van der Waals surface area contributed by atoms with Gasteiger partial charge in [-0.15, -0.1) is 0 Å². The molecule has 1 N–H and O–H groups in total. The summed E-state index contributed by atoms with van der Waals surface area (Å²) in [6.45, 7) is 5.53. The van der Waals surface area contributed by atoms with Crippen molar-refractivity contribution in [3.63, 3.8) is 0 Å². The molecule has 0 radical (unpaired) electrons. The SMILES string of the molecule is CCN(CC(COC1CCC2C(C1)N([O-])NCN2[O-])OC(C)=O)C(C)=O. The predicted molar refractivity (Wildman–Crippen MR) is 93.1 cm³/mol. The van der Waals surface area contributed by atoms with Crippen molar-refractivity contribution >= 4 is 11.9 Å². The second kappa shape index (κ2) is 9.58. The first-order valence-corrected chi connectivity index (χ1v) is 8.99. The van der Waals surface area contributed by atoms with Crippen molar-refractivity contribution in [3.8, 4) is 0 Å². The molecule has 0 spiro atoms. The van der Waals surface area contributed by atoms with Crippen molar-refractivity contribution in [3.05, 3.63) is 10.4 Å². The number of fused-ring (bicyclic) bond motifs is 1. The summed E-state index contributed by atoms with van der Waals surface area (Å²) in [5, 5.41) is 25.4. The topological polar surface area (TPSA) is 120 Å². The third-order valence-corrected chi connectivity index (χ3v) is 4.89. The molecule has 0 aromatic carbocycles. The molecule has 2 aliphatic rings. The van der Waals surface area contributed by atoms with Gasteiger partial charge in [-0.2, -0.15) is 0 Å². The van der Waals surface area contributed by atoms with Gasteiger partial charge >= 0.3 is 5.97 Å². The van der Waals surface area contributed by atoms with Crippen molar-refractivity contribution in [1.29, 1.82) is 0 Å². The molecule has 0 aromatic heterocycles. The molecule has 0 bridgehead atoms. The van der Waals surface area contributed by atoms with Crippen molar-refractivity contribution in [1.82, 2.24) is 20.6 Å². The number of hydrazine groups is 1. The van der Waals surface area contributed by atoms with Crippen LogP contribution in [0.4, 0.5) is 0 Å². The third kappa shape index (κ3) is 5.60. The molecule has 4 unspecified atom stereocenters. The van der Waals surface area contributed by atoms with E-state index in [1.165, 1.54) is 13.8 Å². The summed E-state index contributed by atoms with van der Waals surface area (Å²) in [6, 6.07) is -0.789. The number of nitrogens with one attached hydrogen (secondary N) is 1. The van der Waals surface area contributed by atoms with Crippen molar-refractivity contribution in [2.24, 2.45) is 0 Å². The van der Waals surface area contributed by atoms with Crippen LogP contribution >= 0.6 is 0 Å². The molecule has 150 valence electrons. The summed E-state index contributed by atoms with van der Waals surface area (Å²) < 4.78 is 11.1. The summed E-state index contributed by atoms with van der Waals surface area (Å²) in [5.41, 5.74) is 2.51. The number of hydroxylamine groups is 3. The molecule has 4 atom stereocenters. The minimum atomic E-state index is -0.571. The first-order chi connectivity index (χ1) is 12.3. The molecule has 1 heterocycles. The maximum absolute atomic E-state index is 11.9. The summed E-state index contributed by atoms with van der Waals surface area (Å²) in [7, 11) is 0. The smallest absolute Gasteiger partial charge is 0.303 e. The van der Waals surface area contributed by atoms with Crippen LogP contribution < -0.4 is 5.43 Å². The van der Waals surface area contributed by atoms with Gasteiger partial charge in [0.1, 0.15) is 6.10 Å². The highest BCUT2D eigenvalue weighted by Crippen LogP contribution is 2.29. The van der Waals surface area contributed by atoms with Gasteiger partial charge in [-0.1, -0.05) is 0 Å². The summed E-state index contributed by atoms with van der Waals surface area (Å²) in [6.07, 6.45) is 0.887. The summed E-state index contributed by atoms with van der Waals surface area (Å²) >= 11 is 0. The van der Waals surface area contributed by atoms with E-state index in [1.807, 2.05) is 6.92 Å². The minimum absolute atomic E-state index is 0.00259.